The molecule has 1 N–H and O–H groups in total. The summed E-state index contributed by atoms with van der Waals surface area (Å²) in [5, 5.41) is 3.35. The second-order valence-electron chi connectivity index (χ2n) is 3.01. The summed E-state index contributed by atoms with van der Waals surface area (Å²) in [6.45, 7) is 7.20. The van der Waals surface area contributed by atoms with E-state index in [4.69, 9.17) is 4.74 Å². The van der Waals surface area contributed by atoms with E-state index in [0.29, 0.717) is 6.61 Å². The van der Waals surface area contributed by atoms with Gasteiger partial charge in [0.15, 0.2) is 0 Å². The molecule has 1 fully saturated rings. The Hall–Kier alpha value is -0.340. The van der Waals surface area contributed by atoms with Crippen molar-refractivity contribution in [2.45, 2.75) is 12.8 Å². The molecule has 0 bridgehead atoms. The monoisotopic (exact) mass is 155 g/mol. The molecule has 0 atom stereocenters. The van der Waals surface area contributed by atoms with Crippen molar-refractivity contribution >= 4 is 0 Å². The standard InChI is InChI=1S/C9H17NO/c1-2-6-11-7-5-10-8-9-3-4-9/h2,9-10H,1,3-8H2. The number of ether oxygens (including phenoxy) is 1. The van der Waals surface area contributed by atoms with Gasteiger partial charge in [-0.15, -0.1) is 6.58 Å². The van der Waals surface area contributed by atoms with Crippen LogP contribution in [0.3, 0.4) is 0 Å². The maximum absolute atomic E-state index is 5.20. The lowest BCUT2D eigenvalue weighted by atomic mass is 10.4. The molecule has 1 saturated carbocycles. The van der Waals surface area contributed by atoms with Crippen LogP contribution in [0.5, 0.6) is 0 Å². The molecular weight excluding hydrogens is 138 g/mol. The predicted octanol–water partition coefficient (Wildman–Crippen LogP) is 1.19. The fourth-order valence-corrected chi connectivity index (χ4v) is 0.939. The number of rotatable bonds is 7. The average molecular weight is 155 g/mol. The minimum absolute atomic E-state index is 0.672. The van der Waals surface area contributed by atoms with Crippen LogP contribution in [0.4, 0.5) is 0 Å². The highest BCUT2D eigenvalue weighted by Gasteiger charge is 2.19. The molecule has 0 spiro atoms. The summed E-state index contributed by atoms with van der Waals surface area (Å²) < 4.78 is 5.20. The van der Waals surface area contributed by atoms with Crippen LogP contribution in [0.25, 0.3) is 0 Å². The van der Waals surface area contributed by atoms with Gasteiger partial charge in [-0.1, -0.05) is 6.08 Å². The van der Waals surface area contributed by atoms with Gasteiger partial charge in [0.05, 0.1) is 13.2 Å². The fraction of sp³-hybridized carbons (Fsp3) is 0.778. The van der Waals surface area contributed by atoms with Crippen molar-refractivity contribution in [3.63, 3.8) is 0 Å². The van der Waals surface area contributed by atoms with Crippen LogP contribution >= 0.6 is 0 Å². The van der Waals surface area contributed by atoms with Gasteiger partial charge in [0.25, 0.3) is 0 Å². The van der Waals surface area contributed by atoms with E-state index in [2.05, 4.69) is 11.9 Å². The smallest absolute Gasteiger partial charge is 0.0645 e. The van der Waals surface area contributed by atoms with E-state index >= 15 is 0 Å². The summed E-state index contributed by atoms with van der Waals surface area (Å²) in [7, 11) is 0. The lowest BCUT2D eigenvalue weighted by molar-refractivity contribution is 0.164. The first kappa shape index (κ1) is 8.75. The average Bonchev–Trinajstić information content (AvgIpc) is 2.80. The summed E-state index contributed by atoms with van der Waals surface area (Å²) >= 11 is 0. The van der Waals surface area contributed by atoms with Crippen molar-refractivity contribution in [3.05, 3.63) is 12.7 Å². The molecule has 0 amide bonds. The minimum Gasteiger partial charge on any atom is -0.376 e. The second kappa shape index (κ2) is 5.33. The van der Waals surface area contributed by atoms with Crippen LogP contribution in [-0.4, -0.2) is 26.3 Å². The Labute approximate surface area is 68.6 Å². The zero-order valence-electron chi connectivity index (χ0n) is 7.01. The van der Waals surface area contributed by atoms with Crippen molar-refractivity contribution in [2.24, 2.45) is 5.92 Å². The molecule has 0 heterocycles. The molecule has 1 rings (SSSR count). The molecule has 1 aliphatic carbocycles. The molecule has 2 nitrogen and oxygen atoms in total. The normalized spacial score (nSPS) is 16.7. The van der Waals surface area contributed by atoms with Gasteiger partial charge >= 0.3 is 0 Å². The molecule has 0 unspecified atom stereocenters. The lowest BCUT2D eigenvalue weighted by Gasteiger charge is -2.02. The van der Waals surface area contributed by atoms with Crippen molar-refractivity contribution < 1.29 is 4.74 Å². The van der Waals surface area contributed by atoms with Crippen LogP contribution in [-0.2, 0) is 4.74 Å². The number of hydrogen-bond acceptors (Lipinski definition) is 2. The summed E-state index contributed by atoms with van der Waals surface area (Å²) in [5.74, 6) is 0.967. The molecule has 11 heavy (non-hydrogen) atoms. The predicted molar refractivity (Wildman–Crippen MR) is 46.6 cm³/mol. The zero-order chi connectivity index (χ0) is 7.94. The summed E-state index contributed by atoms with van der Waals surface area (Å²) in [5.41, 5.74) is 0. The first-order valence-corrected chi connectivity index (χ1v) is 4.33. The molecular formula is C9H17NO. The zero-order valence-corrected chi connectivity index (χ0v) is 7.01. The molecule has 0 radical (unpaired) electrons. The molecule has 0 aromatic rings. The Bertz CT molecular complexity index is 110. The van der Waals surface area contributed by atoms with Crippen LogP contribution in [0.15, 0.2) is 12.7 Å². The van der Waals surface area contributed by atoms with Crippen molar-refractivity contribution in [1.82, 2.24) is 5.32 Å². The topological polar surface area (TPSA) is 21.3 Å². The Morgan fingerprint density at radius 1 is 1.55 bits per heavy atom. The molecule has 0 saturated heterocycles. The van der Waals surface area contributed by atoms with Gasteiger partial charge in [-0.2, -0.15) is 0 Å². The lowest BCUT2D eigenvalue weighted by Crippen LogP contribution is -2.21. The van der Waals surface area contributed by atoms with Crippen LogP contribution in [0.2, 0.25) is 0 Å². The van der Waals surface area contributed by atoms with Gasteiger partial charge in [0.1, 0.15) is 0 Å². The minimum atomic E-state index is 0.672. The summed E-state index contributed by atoms with van der Waals surface area (Å²) in [4.78, 5) is 0. The Morgan fingerprint density at radius 3 is 3.00 bits per heavy atom. The van der Waals surface area contributed by atoms with Crippen LogP contribution in [0.1, 0.15) is 12.8 Å². The molecule has 64 valence electrons. The van der Waals surface area contributed by atoms with Crippen molar-refractivity contribution in [2.75, 3.05) is 26.3 Å². The molecule has 2 heteroatoms. The van der Waals surface area contributed by atoms with Crippen LogP contribution < -0.4 is 5.32 Å². The van der Waals surface area contributed by atoms with E-state index < -0.39 is 0 Å². The highest BCUT2D eigenvalue weighted by molar-refractivity contribution is 4.75. The van der Waals surface area contributed by atoms with Gasteiger partial charge in [-0.05, 0) is 25.3 Å². The molecule has 0 aromatic carbocycles. The summed E-state index contributed by atoms with van der Waals surface area (Å²) in [6.07, 6.45) is 4.61. The van der Waals surface area contributed by atoms with Crippen molar-refractivity contribution in [3.8, 4) is 0 Å². The third-order valence-electron chi connectivity index (χ3n) is 1.79. The molecule has 0 aliphatic heterocycles. The van der Waals surface area contributed by atoms with Gasteiger partial charge in [0, 0.05) is 6.54 Å². The van der Waals surface area contributed by atoms with Gasteiger partial charge in [-0.25, -0.2) is 0 Å². The Balaban J connectivity index is 1.69. The van der Waals surface area contributed by atoms with Gasteiger partial charge in [0.2, 0.25) is 0 Å². The maximum Gasteiger partial charge on any atom is 0.0645 e. The SMILES string of the molecule is C=CCOCCNCC1CC1. The first-order valence-electron chi connectivity index (χ1n) is 4.33. The summed E-state index contributed by atoms with van der Waals surface area (Å²) in [6, 6.07) is 0. The van der Waals surface area contributed by atoms with E-state index in [0.717, 1.165) is 19.1 Å². The third kappa shape index (κ3) is 4.99. The Morgan fingerprint density at radius 2 is 2.36 bits per heavy atom. The quantitative estimate of drug-likeness (QED) is 0.440. The highest BCUT2D eigenvalue weighted by atomic mass is 16.5. The maximum atomic E-state index is 5.20. The molecule has 0 aromatic heterocycles. The number of nitrogens with one attached hydrogen (secondary N) is 1. The first-order chi connectivity index (χ1) is 5.43. The van der Waals surface area contributed by atoms with Crippen LogP contribution in [0, 0.1) is 5.92 Å². The second-order valence-corrected chi connectivity index (χ2v) is 3.01. The van der Waals surface area contributed by atoms with Gasteiger partial charge in [-0.3, -0.25) is 0 Å². The fourth-order valence-electron chi connectivity index (χ4n) is 0.939. The van der Waals surface area contributed by atoms with E-state index in [1.807, 2.05) is 0 Å². The third-order valence-corrected chi connectivity index (χ3v) is 1.79. The molecule has 1 aliphatic rings. The largest absolute Gasteiger partial charge is 0.376 e. The van der Waals surface area contributed by atoms with E-state index in [-0.39, 0.29) is 0 Å². The highest BCUT2D eigenvalue weighted by Crippen LogP contribution is 2.27. The van der Waals surface area contributed by atoms with Gasteiger partial charge < -0.3 is 10.1 Å². The van der Waals surface area contributed by atoms with Crippen molar-refractivity contribution in [1.29, 1.82) is 0 Å². The number of hydrogen-bond donors (Lipinski definition) is 1. The Kier molecular flexibility index (Phi) is 4.24. The van der Waals surface area contributed by atoms with E-state index in [1.54, 1.807) is 6.08 Å². The van der Waals surface area contributed by atoms with E-state index in [1.165, 1.54) is 19.4 Å². The van der Waals surface area contributed by atoms with E-state index in [9.17, 15) is 0 Å².